The number of rotatable bonds is 2. The Balaban J connectivity index is 2.11. The van der Waals surface area contributed by atoms with E-state index in [1.807, 2.05) is 18.2 Å². The van der Waals surface area contributed by atoms with Crippen molar-refractivity contribution >= 4 is 5.78 Å². The Morgan fingerprint density at radius 2 is 2.00 bits per heavy atom. The number of ketones is 1. The van der Waals surface area contributed by atoms with Crippen LogP contribution in [0.4, 0.5) is 0 Å². The van der Waals surface area contributed by atoms with Crippen molar-refractivity contribution in [2.45, 2.75) is 31.6 Å². The van der Waals surface area contributed by atoms with Gasteiger partial charge in [0.1, 0.15) is 5.78 Å². The zero-order valence-corrected chi connectivity index (χ0v) is 9.36. The molecule has 0 aliphatic heterocycles. The molecule has 0 radical (unpaired) electrons. The highest BCUT2D eigenvalue weighted by molar-refractivity contribution is 5.80. The lowest BCUT2D eigenvalue weighted by Gasteiger charge is -2.27. The monoisotopic (exact) mass is 212 g/mol. The van der Waals surface area contributed by atoms with Gasteiger partial charge < -0.3 is 0 Å². The molecule has 1 saturated carbocycles. The molecule has 1 heteroatoms. The van der Waals surface area contributed by atoms with Crippen molar-refractivity contribution in [2.75, 3.05) is 0 Å². The fourth-order valence-electron chi connectivity index (χ4n) is 2.55. The maximum Gasteiger partial charge on any atom is 0.133 e. The molecule has 0 saturated heterocycles. The molecule has 2 atom stereocenters. The van der Waals surface area contributed by atoms with Crippen molar-refractivity contribution in [1.29, 1.82) is 0 Å². The molecule has 16 heavy (non-hydrogen) atoms. The van der Waals surface area contributed by atoms with Crippen molar-refractivity contribution in [3.63, 3.8) is 0 Å². The first kappa shape index (κ1) is 11.0. The quantitative estimate of drug-likeness (QED) is 0.688. The molecule has 2 unspecified atom stereocenters. The lowest BCUT2D eigenvalue weighted by Crippen LogP contribution is -2.21. The Morgan fingerprint density at radius 1 is 1.25 bits per heavy atom. The summed E-state index contributed by atoms with van der Waals surface area (Å²) in [7, 11) is 0. The van der Waals surface area contributed by atoms with E-state index in [2.05, 4.69) is 18.1 Å². The van der Waals surface area contributed by atoms with E-state index >= 15 is 0 Å². The van der Waals surface area contributed by atoms with Crippen LogP contribution in [0.25, 0.3) is 0 Å². The average molecular weight is 212 g/mol. The van der Waals surface area contributed by atoms with Gasteiger partial charge in [-0.1, -0.05) is 30.3 Å². The summed E-state index contributed by atoms with van der Waals surface area (Å²) in [5, 5.41) is 0. The second-order valence-corrected chi connectivity index (χ2v) is 4.56. The van der Waals surface area contributed by atoms with Crippen LogP contribution in [-0.4, -0.2) is 5.78 Å². The molecule has 1 aromatic carbocycles. The van der Waals surface area contributed by atoms with Gasteiger partial charge in [0, 0.05) is 19.3 Å². The number of carbonyl (C=O) groups is 1. The van der Waals surface area contributed by atoms with Gasteiger partial charge in [0.05, 0.1) is 0 Å². The topological polar surface area (TPSA) is 17.1 Å². The van der Waals surface area contributed by atoms with E-state index in [4.69, 9.17) is 6.42 Å². The number of carbonyl (C=O) groups excluding carboxylic acids is 1. The molecule has 1 aliphatic rings. The second kappa shape index (κ2) is 4.99. The molecule has 0 amide bonds. The number of terminal acetylenes is 1. The molecular formula is C15H16O. The van der Waals surface area contributed by atoms with Crippen molar-refractivity contribution in [3.05, 3.63) is 35.9 Å². The predicted octanol–water partition coefficient (Wildman–Crippen LogP) is 3.16. The second-order valence-electron chi connectivity index (χ2n) is 4.56. The van der Waals surface area contributed by atoms with Gasteiger partial charge in [0.25, 0.3) is 0 Å². The van der Waals surface area contributed by atoms with E-state index in [1.165, 1.54) is 5.56 Å². The van der Waals surface area contributed by atoms with Crippen LogP contribution in [0.15, 0.2) is 30.3 Å². The highest BCUT2D eigenvalue weighted by atomic mass is 16.1. The average Bonchev–Trinajstić information content (AvgIpc) is 2.30. The van der Waals surface area contributed by atoms with Crippen LogP contribution in [0, 0.1) is 18.3 Å². The predicted molar refractivity (Wildman–Crippen MR) is 65.0 cm³/mol. The van der Waals surface area contributed by atoms with E-state index in [0.29, 0.717) is 30.5 Å². The highest BCUT2D eigenvalue weighted by Gasteiger charge is 2.27. The van der Waals surface area contributed by atoms with E-state index in [0.717, 1.165) is 12.8 Å². The molecule has 1 aliphatic carbocycles. The summed E-state index contributed by atoms with van der Waals surface area (Å²) in [6, 6.07) is 10.3. The first-order valence-corrected chi connectivity index (χ1v) is 5.79. The Hall–Kier alpha value is -1.55. The summed E-state index contributed by atoms with van der Waals surface area (Å²) in [6.07, 6.45) is 8.47. The first-order chi connectivity index (χ1) is 7.79. The molecule has 0 spiro atoms. The Kier molecular flexibility index (Phi) is 3.41. The molecule has 82 valence electrons. The zero-order valence-electron chi connectivity index (χ0n) is 9.36. The van der Waals surface area contributed by atoms with E-state index in [1.54, 1.807) is 0 Å². The van der Waals surface area contributed by atoms with Gasteiger partial charge in [-0.2, -0.15) is 0 Å². The standard InChI is InChI=1S/C15H16O/c1-2-6-12-9-14(11-15(16)10-12)13-7-4-3-5-8-13/h1,3-5,7-8,12,14H,6,9-11H2. The van der Waals surface area contributed by atoms with E-state index in [-0.39, 0.29) is 0 Å². The minimum Gasteiger partial charge on any atom is -0.300 e. The highest BCUT2D eigenvalue weighted by Crippen LogP contribution is 2.35. The zero-order chi connectivity index (χ0) is 11.4. The molecule has 0 heterocycles. The third-order valence-corrected chi connectivity index (χ3v) is 3.29. The van der Waals surface area contributed by atoms with Crippen molar-refractivity contribution < 1.29 is 4.79 Å². The van der Waals surface area contributed by atoms with Gasteiger partial charge in [-0.25, -0.2) is 0 Å². The number of benzene rings is 1. The minimum absolute atomic E-state index is 0.361. The number of hydrogen-bond donors (Lipinski definition) is 0. The summed E-state index contributed by atoms with van der Waals surface area (Å²) in [4.78, 5) is 11.7. The smallest absolute Gasteiger partial charge is 0.133 e. The van der Waals surface area contributed by atoms with E-state index < -0.39 is 0 Å². The fourth-order valence-corrected chi connectivity index (χ4v) is 2.55. The van der Waals surface area contributed by atoms with Gasteiger partial charge in [0.15, 0.2) is 0 Å². The SMILES string of the molecule is C#CCC1CC(=O)CC(c2ccccc2)C1. The van der Waals surface area contributed by atoms with Crippen LogP contribution in [-0.2, 0) is 4.79 Å². The lowest BCUT2D eigenvalue weighted by atomic mass is 9.76. The van der Waals surface area contributed by atoms with Crippen LogP contribution in [0.5, 0.6) is 0 Å². The summed E-state index contributed by atoms with van der Waals surface area (Å²) >= 11 is 0. The largest absolute Gasteiger partial charge is 0.300 e. The van der Waals surface area contributed by atoms with Crippen molar-refractivity contribution in [1.82, 2.24) is 0 Å². The number of Topliss-reactive ketones (excluding diaryl/α,β-unsaturated/α-hetero) is 1. The fraction of sp³-hybridized carbons (Fsp3) is 0.400. The minimum atomic E-state index is 0.361. The molecule has 0 aromatic heterocycles. The first-order valence-electron chi connectivity index (χ1n) is 5.79. The van der Waals surface area contributed by atoms with Gasteiger partial charge in [-0.05, 0) is 23.8 Å². The summed E-state index contributed by atoms with van der Waals surface area (Å²) in [5.74, 6) is 3.80. The molecular weight excluding hydrogens is 196 g/mol. The number of hydrogen-bond acceptors (Lipinski definition) is 1. The Labute approximate surface area is 96.9 Å². The van der Waals surface area contributed by atoms with Crippen LogP contribution in [0.1, 0.15) is 37.2 Å². The van der Waals surface area contributed by atoms with Crippen LogP contribution in [0.3, 0.4) is 0 Å². The molecule has 0 N–H and O–H groups in total. The summed E-state index contributed by atoms with van der Waals surface area (Å²) in [5.41, 5.74) is 1.28. The Bertz CT molecular complexity index is 399. The van der Waals surface area contributed by atoms with Crippen molar-refractivity contribution in [2.24, 2.45) is 5.92 Å². The maximum absolute atomic E-state index is 11.7. The third-order valence-electron chi connectivity index (χ3n) is 3.29. The van der Waals surface area contributed by atoms with Gasteiger partial charge in [-0.15, -0.1) is 12.3 Å². The van der Waals surface area contributed by atoms with Gasteiger partial charge in [-0.3, -0.25) is 4.79 Å². The summed E-state index contributed by atoms with van der Waals surface area (Å²) < 4.78 is 0. The molecule has 0 bridgehead atoms. The van der Waals surface area contributed by atoms with Crippen molar-refractivity contribution in [3.8, 4) is 12.3 Å². The van der Waals surface area contributed by atoms with Crippen LogP contribution >= 0.6 is 0 Å². The van der Waals surface area contributed by atoms with E-state index in [9.17, 15) is 4.79 Å². The van der Waals surface area contributed by atoms with Gasteiger partial charge in [0.2, 0.25) is 0 Å². The molecule has 1 nitrogen and oxygen atoms in total. The third kappa shape index (κ3) is 2.52. The molecule has 1 fully saturated rings. The van der Waals surface area contributed by atoms with Gasteiger partial charge >= 0.3 is 0 Å². The van der Waals surface area contributed by atoms with Crippen LogP contribution in [0.2, 0.25) is 0 Å². The van der Waals surface area contributed by atoms with Crippen LogP contribution < -0.4 is 0 Å². The summed E-state index contributed by atoms with van der Waals surface area (Å²) in [6.45, 7) is 0. The maximum atomic E-state index is 11.7. The normalized spacial score (nSPS) is 25.1. The molecule has 2 rings (SSSR count). The lowest BCUT2D eigenvalue weighted by molar-refractivity contribution is -0.121. The Morgan fingerprint density at radius 3 is 2.69 bits per heavy atom. The molecule has 1 aromatic rings.